The quantitative estimate of drug-likeness (QED) is 0.789. The van der Waals surface area contributed by atoms with Crippen LogP contribution in [0, 0.1) is 5.82 Å². The first kappa shape index (κ1) is 12.2. The van der Waals surface area contributed by atoms with E-state index in [2.05, 4.69) is 18.0 Å². The molecule has 0 saturated carbocycles. The number of halogens is 1. The van der Waals surface area contributed by atoms with Gasteiger partial charge in [-0.1, -0.05) is 13.0 Å². The van der Waals surface area contributed by atoms with Gasteiger partial charge < -0.3 is 10.3 Å². The molecule has 0 saturated heterocycles. The summed E-state index contributed by atoms with van der Waals surface area (Å²) >= 11 is 1.68. The van der Waals surface area contributed by atoms with Gasteiger partial charge in [0.1, 0.15) is 5.82 Å². The molecule has 0 bridgehead atoms. The second-order valence-electron chi connectivity index (χ2n) is 4.41. The van der Waals surface area contributed by atoms with Gasteiger partial charge in [0.15, 0.2) is 0 Å². The average Bonchev–Trinajstić information content (AvgIpc) is 3.00. The van der Waals surface area contributed by atoms with E-state index in [-0.39, 0.29) is 11.9 Å². The lowest BCUT2D eigenvalue weighted by Gasteiger charge is -2.17. The van der Waals surface area contributed by atoms with E-state index in [4.69, 9.17) is 5.73 Å². The lowest BCUT2D eigenvalue weighted by Crippen LogP contribution is -2.11. The molecular formula is C14H14FN3S. The molecule has 0 fully saturated rings. The Morgan fingerprint density at radius 1 is 1.42 bits per heavy atom. The van der Waals surface area contributed by atoms with Crippen molar-refractivity contribution in [1.29, 1.82) is 0 Å². The summed E-state index contributed by atoms with van der Waals surface area (Å²) in [6.45, 7) is 2.09. The molecule has 1 unspecified atom stereocenters. The van der Waals surface area contributed by atoms with Crippen molar-refractivity contribution < 1.29 is 4.39 Å². The zero-order valence-corrected chi connectivity index (χ0v) is 11.3. The zero-order valence-electron chi connectivity index (χ0n) is 10.5. The van der Waals surface area contributed by atoms with E-state index in [1.165, 1.54) is 17.0 Å². The Hall–Kier alpha value is -1.88. The highest BCUT2D eigenvalue weighted by Gasteiger charge is 2.19. The van der Waals surface area contributed by atoms with E-state index in [0.29, 0.717) is 5.95 Å². The largest absolute Gasteiger partial charge is 0.369 e. The van der Waals surface area contributed by atoms with Crippen molar-refractivity contribution in [2.45, 2.75) is 19.4 Å². The number of nitrogens with two attached hydrogens (primary N) is 1. The predicted molar refractivity (Wildman–Crippen MR) is 76.9 cm³/mol. The first-order valence-electron chi connectivity index (χ1n) is 6.17. The Balaban J connectivity index is 2.23. The third-order valence-corrected chi connectivity index (χ3v) is 4.22. The molecule has 2 aromatic heterocycles. The molecule has 1 atom stereocenters. The standard InChI is InChI=1S/C14H14FN3S/c1-2-11(13-4-3-7-19-13)18-12-8-9(15)5-6-10(12)17-14(18)16/h3-8,11H,2H2,1H3,(H2,16,17). The van der Waals surface area contributed by atoms with Crippen molar-refractivity contribution in [2.24, 2.45) is 0 Å². The first-order chi connectivity index (χ1) is 9.20. The number of anilines is 1. The van der Waals surface area contributed by atoms with E-state index in [1.54, 1.807) is 17.4 Å². The Labute approximate surface area is 114 Å². The number of rotatable bonds is 3. The maximum Gasteiger partial charge on any atom is 0.201 e. The fourth-order valence-electron chi connectivity index (χ4n) is 2.40. The summed E-state index contributed by atoms with van der Waals surface area (Å²) in [5.41, 5.74) is 7.50. The summed E-state index contributed by atoms with van der Waals surface area (Å²) in [5.74, 6) is 0.163. The highest BCUT2D eigenvalue weighted by molar-refractivity contribution is 7.10. The van der Waals surface area contributed by atoms with Crippen molar-refractivity contribution in [3.8, 4) is 0 Å². The van der Waals surface area contributed by atoms with Crippen molar-refractivity contribution >= 4 is 28.3 Å². The van der Waals surface area contributed by atoms with E-state index < -0.39 is 0 Å². The first-order valence-corrected chi connectivity index (χ1v) is 7.05. The molecule has 2 N–H and O–H groups in total. The summed E-state index contributed by atoms with van der Waals surface area (Å²) in [6.07, 6.45) is 0.882. The van der Waals surface area contributed by atoms with Crippen LogP contribution in [0.2, 0.25) is 0 Å². The Bertz CT molecular complexity index is 703. The molecule has 1 aromatic carbocycles. The smallest absolute Gasteiger partial charge is 0.201 e. The number of fused-ring (bicyclic) bond motifs is 1. The van der Waals surface area contributed by atoms with E-state index in [1.807, 2.05) is 16.0 Å². The van der Waals surface area contributed by atoms with Crippen LogP contribution in [0.5, 0.6) is 0 Å². The Morgan fingerprint density at radius 2 is 2.26 bits per heavy atom. The molecule has 3 nitrogen and oxygen atoms in total. The van der Waals surface area contributed by atoms with Gasteiger partial charge in [0.25, 0.3) is 0 Å². The number of nitrogen functional groups attached to an aromatic ring is 1. The van der Waals surface area contributed by atoms with Crippen LogP contribution in [-0.4, -0.2) is 9.55 Å². The maximum atomic E-state index is 13.5. The van der Waals surface area contributed by atoms with Crippen LogP contribution in [-0.2, 0) is 0 Å². The number of benzene rings is 1. The second-order valence-corrected chi connectivity index (χ2v) is 5.39. The second kappa shape index (κ2) is 4.66. The lowest BCUT2D eigenvalue weighted by atomic mass is 10.1. The van der Waals surface area contributed by atoms with Gasteiger partial charge in [-0.05, 0) is 36.1 Å². The molecule has 3 rings (SSSR count). The molecule has 98 valence electrons. The van der Waals surface area contributed by atoms with Crippen LogP contribution in [0.15, 0.2) is 35.7 Å². The van der Waals surface area contributed by atoms with E-state index in [9.17, 15) is 4.39 Å². The minimum absolute atomic E-state index is 0.104. The van der Waals surface area contributed by atoms with Gasteiger partial charge in [-0.25, -0.2) is 9.37 Å². The molecule has 5 heteroatoms. The minimum atomic E-state index is -0.269. The SMILES string of the molecule is CCC(c1cccs1)n1c(N)nc2ccc(F)cc21. The summed E-state index contributed by atoms with van der Waals surface area (Å²) in [7, 11) is 0. The molecule has 0 radical (unpaired) electrons. The van der Waals surface area contributed by atoms with Crippen molar-refractivity contribution in [1.82, 2.24) is 9.55 Å². The number of nitrogens with zero attached hydrogens (tertiary/aromatic N) is 2. The third kappa shape index (κ3) is 2.00. The molecule has 0 amide bonds. The van der Waals surface area contributed by atoms with Crippen molar-refractivity contribution in [2.75, 3.05) is 5.73 Å². The van der Waals surface area contributed by atoms with Crippen LogP contribution in [0.25, 0.3) is 11.0 Å². The number of hydrogen-bond donors (Lipinski definition) is 1. The third-order valence-electron chi connectivity index (χ3n) is 3.25. The van der Waals surface area contributed by atoms with Crippen LogP contribution >= 0.6 is 11.3 Å². The van der Waals surface area contributed by atoms with Gasteiger partial charge in [0, 0.05) is 4.88 Å². The van der Waals surface area contributed by atoms with Crippen LogP contribution < -0.4 is 5.73 Å². The lowest BCUT2D eigenvalue weighted by molar-refractivity contribution is 0.594. The van der Waals surface area contributed by atoms with E-state index >= 15 is 0 Å². The molecular weight excluding hydrogens is 261 g/mol. The topological polar surface area (TPSA) is 43.8 Å². The van der Waals surface area contributed by atoms with Gasteiger partial charge in [0.05, 0.1) is 17.1 Å². The molecule has 19 heavy (non-hydrogen) atoms. The summed E-state index contributed by atoms with van der Waals surface area (Å²) in [5, 5.41) is 2.04. The molecule has 0 spiro atoms. The van der Waals surface area contributed by atoms with Gasteiger partial charge in [0.2, 0.25) is 5.95 Å². The van der Waals surface area contributed by atoms with Crippen LogP contribution in [0.4, 0.5) is 10.3 Å². The summed E-state index contributed by atoms with van der Waals surface area (Å²) < 4.78 is 15.4. The number of hydrogen-bond acceptors (Lipinski definition) is 3. The summed E-state index contributed by atoms with van der Waals surface area (Å²) in [4.78, 5) is 5.52. The minimum Gasteiger partial charge on any atom is -0.369 e. The fourth-order valence-corrected chi connectivity index (χ4v) is 3.30. The Kier molecular flexibility index (Phi) is 2.98. The molecule has 2 heterocycles. The number of imidazole rings is 1. The zero-order chi connectivity index (χ0) is 13.4. The monoisotopic (exact) mass is 275 g/mol. The maximum absolute atomic E-state index is 13.5. The van der Waals surface area contributed by atoms with Gasteiger partial charge >= 0.3 is 0 Å². The van der Waals surface area contributed by atoms with E-state index in [0.717, 1.165) is 17.5 Å². The number of thiophene rings is 1. The van der Waals surface area contributed by atoms with Crippen molar-refractivity contribution in [3.05, 3.63) is 46.4 Å². The Morgan fingerprint density at radius 3 is 2.95 bits per heavy atom. The molecule has 0 aliphatic heterocycles. The highest BCUT2D eigenvalue weighted by Crippen LogP contribution is 2.32. The van der Waals surface area contributed by atoms with Gasteiger partial charge in [-0.3, -0.25) is 0 Å². The van der Waals surface area contributed by atoms with Gasteiger partial charge in [-0.15, -0.1) is 11.3 Å². The molecule has 3 aromatic rings. The normalized spacial score (nSPS) is 12.9. The van der Waals surface area contributed by atoms with Gasteiger partial charge in [-0.2, -0.15) is 0 Å². The highest BCUT2D eigenvalue weighted by atomic mass is 32.1. The van der Waals surface area contributed by atoms with Crippen LogP contribution in [0.3, 0.4) is 0 Å². The summed E-state index contributed by atoms with van der Waals surface area (Å²) in [6, 6.07) is 8.76. The average molecular weight is 275 g/mol. The van der Waals surface area contributed by atoms with Crippen molar-refractivity contribution in [3.63, 3.8) is 0 Å². The van der Waals surface area contributed by atoms with Crippen LogP contribution in [0.1, 0.15) is 24.3 Å². The predicted octanol–water partition coefficient (Wildman–Crippen LogP) is 3.82. The molecule has 0 aliphatic carbocycles. The fraction of sp³-hybridized carbons (Fsp3) is 0.214. The number of aromatic nitrogens is 2. The molecule has 0 aliphatic rings.